The maximum atomic E-state index is 13.4. The maximum absolute atomic E-state index is 13.4. The van der Waals surface area contributed by atoms with Crippen molar-refractivity contribution < 1.29 is 9.18 Å². The minimum Gasteiger partial charge on any atom is -0.338 e. The van der Waals surface area contributed by atoms with Gasteiger partial charge in [-0.3, -0.25) is 4.79 Å². The predicted octanol–water partition coefficient (Wildman–Crippen LogP) is 2.98. The van der Waals surface area contributed by atoms with Crippen molar-refractivity contribution in [3.63, 3.8) is 0 Å². The zero-order valence-electron chi connectivity index (χ0n) is 10.0. The van der Waals surface area contributed by atoms with E-state index in [1.54, 1.807) is 4.90 Å². The Bertz CT molecular complexity index is 484. The Morgan fingerprint density at radius 1 is 1.42 bits per heavy atom. The number of amides is 1. The molecule has 0 spiro atoms. The van der Waals surface area contributed by atoms with Crippen LogP contribution in [0, 0.1) is 11.7 Å². The van der Waals surface area contributed by atoms with Gasteiger partial charge in [0.25, 0.3) is 5.91 Å². The van der Waals surface area contributed by atoms with E-state index in [0.29, 0.717) is 25.6 Å². The first-order valence-corrected chi connectivity index (χ1v) is 6.42. The smallest absolute Gasteiger partial charge is 0.255 e. The average Bonchev–Trinajstić information content (AvgIpc) is 2.81. The predicted molar refractivity (Wildman–Crippen MR) is 76.7 cm³/mol. The van der Waals surface area contributed by atoms with Gasteiger partial charge in [-0.15, -0.1) is 12.4 Å². The van der Waals surface area contributed by atoms with Crippen molar-refractivity contribution in [2.45, 2.75) is 6.42 Å². The summed E-state index contributed by atoms with van der Waals surface area (Å²) in [6.45, 7) is 1.77. The standard InChI is InChI=1S/C12H13Cl2FN2O.ClH/c13-9-4-10(14)11(15)3-8(9)12(18)17-2-1-7(5-16)6-17;/h3-4,7H,1-2,5-6,16H2;1H. The molecule has 3 nitrogen and oxygen atoms in total. The van der Waals surface area contributed by atoms with Gasteiger partial charge >= 0.3 is 0 Å². The lowest BCUT2D eigenvalue weighted by molar-refractivity contribution is 0.0787. The van der Waals surface area contributed by atoms with Crippen molar-refractivity contribution in [3.8, 4) is 0 Å². The highest BCUT2D eigenvalue weighted by Gasteiger charge is 2.27. The van der Waals surface area contributed by atoms with Gasteiger partial charge in [0.15, 0.2) is 0 Å². The molecule has 0 radical (unpaired) electrons. The first-order chi connectivity index (χ1) is 8.52. The lowest BCUT2D eigenvalue weighted by Gasteiger charge is -2.17. The van der Waals surface area contributed by atoms with E-state index in [1.165, 1.54) is 6.07 Å². The highest BCUT2D eigenvalue weighted by molar-refractivity contribution is 6.36. The van der Waals surface area contributed by atoms with Crippen LogP contribution in [0.4, 0.5) is 4.39 Å². The van der Waals surface area contributed by atoms with Crippen LogP contribution in [-0.4, -0.2) is 30.4 Å². The highest BCUT2D eigenvalue weighted by Crippen LogP contribution is 2.27. The number of nitrogens with zero attached hydrogens (tertiary/aromatic N) is 1. The van der Waals surface area contributed by atoms with Crippen LogP contribution in [0.2, 0.25) is 10.0 Å². The number of nitrogens with two attached hydrogens (primary N) is 1. The summed E-state index contributed by atoms with van der Waals surface area (Å²) in [5.41, 5.74) is 5.72. The average molecular weight is 328 g/mol. The van der Waals surface area contributed by atoms with Crippen LogP contribution in [0.3, 0.4) is 0 Å². The van der Waals surface area contributed by atoms with E-state index in [0.717, 1.165) is 12.5 Å². The number of hydrogen-bond acceptors (Lipinski definition) is 2. The summed E-state index contributed by atoms with van der Waals surface area (Å²) in [5.74, 6) is -0.602. The summed E-state index contributed by atoms with van der Waals surface area (Å²) in [4.78, 5) is 13.8. The quantitative estimate of drug-likeness (QED) is 0.849. The molecule has 1 aliphatic rings. The van der Waals surface area contributed by atoms with Crippen molar-refractivity contribution in [1.29, 1.82) is 0 Å². The first kappa shape index (κ1) is 16.5. The first-order valence-electron chi connectivity index (χ1n) is 5.66. The second-order valence-electron chi connectivity index (χ2n) is 4.39. The van der Waals surface area contributed by atoms with Crippen molar-refractivity contribution >= 4 is 41.5 Å². The van der Waals surface area contributed by atoms with Crippen LogP contribution in [0.1, 0.15) is 16.8 Å². The molecule has 2 rings (SSSR count). The van der Waals surface area contributed by atoms with Gasteiger partial charge in [0, 0.05) is 13.1 Å². The fourth-order valence-corrected chi connectivity index (χ4v) is 2.53. The molecular formula is C12H14Cl3FN2O. The molecule has 7 heteroatoms. The number of likely N-dealkylation sites (tertiary alicyclic amines) is 1. The Morgan fingerprint density at radius 3 is 2.68 bits per heavy atom. The van der Waals surface area contributed by atoms with Gasteiger partial charge in [-0.25, -0.2) is 4.39 Å². The zero-order valence-corrected chi connectivity index (χ0v) is 12.4. The largest absolute Gasteiger partial charge is 0.338 e. The van der Waals surface area contributed by atoms with Gasteiger partial charge in [-0.05, 0) is 31.0 Å². The topological polar surface area (TPSA) is 46.3 Å². The van der Waals surface area contributed by atoms with Crippen molar-refractivity contribution in [1.82, 2.24) is 4.90 Å². The monoisotopic (exact) mass is 326 g/mol. The van der Waals surface area contributed by atoms with Gasteiger partial charge < -0.3 is 10.6 Å². The molecule has 1 saturated heterocycles. The lowest BCUT2D eigenvalue weighted by atomic mass is 10.1. The molecule has 2 N–H and O–H groups in total. The second kappa shape index (κ2) is 6.75. The minimum absolute atomic E-state index is 0. The summed E-state index contributed by atoms with van der Waals surface area (Å²) < 4.78 is 13.4. The molecule has 0 bridgehead atoms. The van der Waals surface area contributed by atoms with Crippen LogP contribution in [-0.2, 0) is 0 Å². The SMILES string of the molecule is Cl.NCC1CCN(C(=O)c2cc(F)c(Cl)cc2Cl)C1. The third kappa shape index (κ3) is 3.51. The van der Waals surface area contributed by atoms with Gasteiger partial charge in [-0.1, -0.05) is 23.2 Å². The van der Waals surface area contributed by atoms with Crippen LogP contribution in [0.15, 0.2) is 12.1 Å². The summed E-state index contributed by atoms with van der Waals surface area (Å²) >= 11 is 11.5. The van der Waals surface area contributed by atoms with E-state index < -0.39 is 5.82 Å². The summed E-state index contributed by atoms with van der Waals surface area (Å²) in [6, 6.07) is 2.34. The molecular weight excluding hydrogens is 314 g/mol. The number of carbonyl (C=O) groups is 1. The summed E-state index contributed by atoms with van der Waals surface area (Å²) in [5, 5.41) is 0.0837. The summed E-state index contributed by atoms with van der Waals surface area (Å²) in [7, 11) is 0. The molecule has 1 atom stereocenters. The van der Waals surface area contributed by atoms with Gasteiger partial charge in [0.2, 0.25) is 0 Å². The fourth-order valence-electron chi connectivity index (χ4n) is 2.07. The Kier molecular flexibility index (Phi) is 5.86. The van der Waals surface area contributed by atoms with E-state index in [1.807, 2.05) is 0 Å². The Labute approximate surface area is 127 Å². The molecule has 19 heavy (non-hydrogen) atoms. The van der Waals surface area contributed by atoms with E-state index >= 15 is 0 Å². The number of carbonyl (C=O) groups excluding carboxylic acids is 1. The zero-order chi connectivity index (χ0) is 13.3. The highest BCUT2D eigenvalue weighted by atomic mass is 35.5. The van der Waals surface area contributed by atoms with E-state index in [9.17, 15) is 9.18 Å². The third-order valence-corrected chi connectivity index (χ3v) is 3.75. The Balaban J connectivity index is 0.00000180. The molecule has 1 unspecified atom stereocenters. The molecule has 0 saturated carbocycles. The maximum Gasteiger partial charge on any atom is 0.255 e. The second-order valence-corrected chi connectivity index (χ2v) is 5.20. The number of hydrogen-bond donors (Lipinski definition) is 1. The third-order valence-electron chi connectivity index (χ3n) is 3.15. The Hall–Kier alpha value is -0.550. The number of benzene rings is 1. The number of rotatable bonds is 2. The minimum atomic E-state index is -0.640. The van der Waals surface area contributed by atoms with Gasteiger partial charge in [-0.2, -0.15) is 0 Å². The lowest BCUT2D eigenvalue weighted by Crippen LogP contribution is -2.30. The molecule has 1 heterocycles. The molecule has 0 aromatic heterocycles. The molecule has 1 aromatic rings. The normalized spacial score (nSPS) is 18.3. The van der Waals surface area contributed by atoms with E-state index in [4.69, 9.17) is 28.9 Å². The van der Waals surface area contributed by atoms with Crippen molar-refractivity contribution in [2.75, 3.05) is 19.6 Å². The fraction of sp³-hybridized carbons (Fsp3) is 0.417. The van der Waals surface area contributed by atoms with Crippen LogP contribution < -0.4 is 5.73 Å². The van der Waals surface area contributed by atoms with Gasteiger partial charge in [0.05, 0.1) is 15.6 Å². The van der Waals surface area contributed by atoms with E-state index in [2.05, 4.69) is 0 Å². The molecule has 1 aliphatic heterocycles. The van der Waals surface area contributed by atoms with Crippen LogP contribution in [0.5, 0.6) is 0 Å². The van der Waals surface area contributed by atoms with Gasteiger partial charge in [0.1, 0.15) is 5.82 Å². The van der Waals surface area contributed by atoms with Crippen LogP contribution >= 0.6 is 35.6 Å². The molecule has 0 aliphatic carbocycles. The molecule has 1 aromatic carbocycles. The molecule has 1 fully saturated rings. The van der Waals surface area contributed by atoms with Crippen LogP contribution in [0.25, 0.3) is 0 Å². The molecule has 1 amide bonds. The Morgan fingerprint density at radius 2 is 2.11 bits per heavy atom. The molecule has 106 valence electrons. The summed E-state index contributed by atoms with van der Waals surface area (Å²) in [6.07, 6.45) is 0.871. The van der Waals surface area contributed by atoms with E-state index in [-0.39, 0.29) is 33.9 Å². The van der Waals surface area contributed by atoms with Crippen molar-refractivity contribution in [2.24, 2.45) is 11.7 Å². The number of halogens is 4. The van der Waals surface area contributed by atoms with Crippen molar-refractivity contribution in [3.05, 3.63) is 33.6 Å².